The van der Waals surface area contributed by atoms with Crippen LogP contribution in [0.4, 0.5) is 0 Å². The monoisotopic (exact) mass is 518 g/mol. The predicted octanol–water partition coefficient (Wildman–Crippen LogP) is 0.459. The summed E-state index contributed by atoms with van der Waals surface area (Å²) >= 11 is 0. The molecule has 1 heterocycles. The summed E-state index contributed by atoms with van der Waals surface area (Å²) in [5.41, 5.74) is -1.47. The van der Waals surface area contributed by atoms with E-state index in [-0.39, 0.29) is 6.42 Å². The lowest BCUT2D eigenvalue weighted by Gasteiger charge is -2.30. The van der Waals surface area contributed by atoms with E-state index in [1.807, 2.05) is 0 Å². The van der Waals surface area contributed by atoms with Crippen molar-refractivity contribution in [2.24, 2.45) is 0 Å². The van der Waals surface area contributed by atoms with Crippen molar-refractivity contribution in [1.82, 2.24) is 0 Å². The van der Waals surface area contributed by atoms with Gasteiger partial charge in [0.15, 0.2) is 6.61 Å². The van der Waals surface area contributed by atoms with Crippen LogP contribution < -0.4 is 4.74 Å². The molecule has 1 aliphatic rings. The number of ether oxygens (including phenoxy) is 3. The second-order valence-electron chi connectivity index (χ2n) is 6.92. The summed E-state index contributed by atoms with van der Waals surface area (Å²) in [7, 11) is -14.9. The van der Waals surface area contributed by atoms with Crippen LogP contribution in [-0.2, 0) is 41.1 Å². The summed E-state index contributed by atoms with van der Waals surface area (Å²) in [6, 6.07) is 8.03. The molecule has 14 nitrogen and oxygen atoms in total. The SMILES string of the molecule is BC1CC(OC(=O)COc2ccccc2)C(C)(COP(=O)(O)OP(=O)(O)OP(=O)(O)O)O1. The number of benzene rings is 1. The van der Waals surface area contributed by atoms with Crippen molar-refractivity contribution in [2.45, 2.75) is 31.1 Å². The zero-order valence-electron chi connectivity index (χ0n) is 16.9. The van der Waals surface area contributed by atoms with Crippen LogP contribution >= 0.6 is 23.5 Å². The van der Waals surface area contributed by atoms with E-state index in [0.29, 0.717) is 5.75 Å². The Balaban J connectivity index is 1.96. The number of carbonyl (C=O) groups is 1. The molecule has 1 aromatic carbocycles. The fourth-order valence-electron chi connectivity index (χ4n) is 2.80. The van der Waals surface area contributed by atoms with Crippen LogP contribution in [0.25, 0.3) is 0 Å². The van der Waals surface area contributed by atoms with E-state index in [1.165, 1.54) is 6.92 Å². The molecule has 0 bridgehead atoms. The highest BCUT2D eigenvalue weighted by atomic mass is 31.3. The number of rotatable bonds is 11. The van der Waals surface area contributed by atoms with Gasteiger partial charge in [-0.1, -0.05) is 18.2 Å². The number of carbonyl (C=O) groups excluding carboxylic acids is 1. The maximum Gasteiger partial charge on any atom is 0.490 e. The maximum atomic E-state index is 12.2. The van der Waals surface area contributed by atoms with Crippen molar-refractivity contribution in [3.63, 3.8) is 0 Å². The summed E-state index contributed by atoms with van der Waals surface area (Å²) in [6.07, 6.45) is -0.746. The number of hydrogen-bond donors (Lipinski definition) is 4. The van der Waals surface area contributed by atoms with Gasteiger partial charge in [0.1, 0.15) is 25.3 Å². The molecule has 180 valence electrons. The van der Waals surface area contributed by atoms with E-state index in [9.17, 15) is 28.3 Å². The van der Waals surface area contributed by atoms with E-state index in [2.05, 4.69) is 13.1 Å². The smallest absolute Gasteiger partial charge is 0.482 e. The highest BCUT2D eigenvalue weighted by Crippen LogP contribution is 2.66. The van der Waals surface area contributed by atoms with Gasteiger partial charge in [0.2, 0.25) is 0 Å². The molecule has 2 rings (SSSR count). The number of phosphoric acid groups is 3. The normalized spacial score (nSPS) is 27.3. The Kier molecular flexibility index (Phi) is 8.88. The first-order valence-electron chi connectivity index (χ1n) is 8.93. The molecule has 0 radical (unpaired) electrons. The molecule has 1 fully saturated rings. The summed E-state index contributed by atoms with van der Waals surface area (Å²) < 4.78 is 62.2. The lowest BCUT2D eigenvalue weighted by molar-refractivity contribution is -0.163. The molecule has 1 aliphatic heterocycles. The van der Waals surface area contributed by atoms with E-state index in [4.69, 9.17) is 24.0 Å². The third-order valence-electron chi connectivity index (χ3n) is 4.00. The van der Waals surface area contributed by atoms with Crippen LogP contribution in [0.1, 0.15) is 13.3 Å². The Hall–Kier alpha value is -1.08. The first-order chi connectivity index (χ1) is 14.6. The summed E-state index contributed by atoms with van der Waals surface area (Å²) in [5, 5.41) is 0. The minimum absolute atomic E-state index is 0.202. The van der Waals surface area contributed by atoms with Gasteiger partial charge in [-0.25, -0.2) is 18.5 Å². The summed E-state index contributed by atoms with van der Waals surface area (Å²) in [6.45, 7) is 0.233. The third-order valence-corrected chi connectivity index (χ3v) is 7.78. The van der Waals surface area contributed by atoms with Gasteiger partial charge in [0, 0.05) is 12.4 Å². The highest BCUT2D eigenvalue weighted by Gasteiger charge is 2.49. The Morgan fingerprint density at radius 1 is 1.12 bits per heavy atom. The Bertz CT molecular complexity index is 938. The molecular weight excluding hydrogens is 496 g/mol. The Morgan fingerprint density at radius 2 is 1.75 bits per heavy atom. The van der Waals surface area contributed by atoms with Gasteiger partial charge in [0.25, 0.3) is 0 Å². The Morgan fingerprint density at radius 3 is 2.34 bits per heavy atom. The van der Waals surface area contributed by atoms with Crippen molar-refractivity contribution < 1.29 is 65.4 Å². The zero-order valence-corrected chi connectivity index (χ0v) is 19.6. The topological polar surface area (TPSA) is 205 Å². The standard InChI is InChI=1S/C14H22BO14P3/c1-14(9-25-31(20,21)29-32(22,23)28-30(17,18)19)11(7-12(15)27-14)26-13(16)8-24-10-5-3-2-4-6-10/h2-6,11-12H,7-9,15H2,1H3,(H,20,21)(H,22,23)(H2,17,18,19). The largest absolute Gasteiger partial charge is 0.490 e. The van der Waals surface area contributed by atoms with Crippen LogP contribution in [0.5, 0.6) is 5.75 Å². The van der Waals surface area contributed by atoms with Gasteiger partial charge >= 0.3 is 29.4 Å². The summed E-state index contributed by atoms with van der Waals surface area (Å²) in [5.74, 6) is -0.308. The van der Waals surface area contributed by atoms with Crippen LogP contribution in [-0.4, -0.2) is 64.3 Å². The number of esters is 1. The molecule has 5 atom stereocenters. The Labute approximate surface area is 183 Å². The highest BCUT2D eigenvalue weighted by molar-refractivity contribution is 7.66. The molecule has 18 heteroatoms. The van der Waals surface area contributed by atoms with E-state index in [1.54, 1.807) is 38.2 Å². The van der Waals surface area contributed by atoms with Crippen LogP contribution in [0.2, 0.25) is 0 Å². The lowest BCUT2D eigenvalue weighted by Crippen LogP contribution is -2.43. The number of para-hydroxylation sites is 1. The molecular formula is C14H22BO14P3. The van der Waals surface area contributed by atoms with Gasteiger partial charge in [-0.2, -0.15) is 8.62 Å². The molecule has 1 saturated heterocycles. The van der Waals surface area contributed by atoms with Crippen molar-refractivity contribution in [1.29, 1.82) is 0 Å². The van der Waals surface area contributed by atoms with E-state index < -0.39 is 60.4 Å². The van der Waals surface area contributed by atoms with Gasteiger partial charge < -0.3 is 33.8 Å². The van der Waals surface area contributed by atoms with E-state index >= 15 is 0 Å². The van der Waals surface area contributed by atoms with Crippen LogP contribution in [0.15, 0.2) is 30.3 Å². The molecule has 0 saturated carbocycles. The first kappa shape index (κ1) is 27.2. The first-order valence-corrected chi connectivity index (χ1v) is 13.4. The molecule has 0 spiro atoms. The molecule has 0 aromatic heterocycles. The zero-order chi connectivity index (χ0) is 24.2. The van der Waals surface area contributed by atoms with Crippen LogP contribution in [0.3, 0.4) is 0 Å². The second kappa shape index (κ2) is 10.5. The molecule has 0 amide bonds. The fourth-order valence-corrected chi connectivity index (χ4v) is 5.91. The maximum absolute atomic E-state index is 12.2. The van der Waals surface area contributed by atoms with Gasteiger partial charge in [-0.3, -0.25) is 4.52 Å². The molecule has 4 N–H and O–H groups in total. The van der Waals surface area contributed by atoms with E-state index in [0.717, 1.165) is 0 Å². The quantitative estimate of drug-likeness (QED) is 0.179. The minimum Gasteiger partial charge on any atom is -0.482 e. The predicted molar refractivity (Wildman–Crippen MR) is 108 cm³/mol. The lowest BCUT2D eigenvalue weighted by atomic mass is 9.93. The van der Waals surface area contributed by atoms with Crippen molar-refractivity contribution in [2.75, 3.05) is 13.2 Å². The van der Waals surface area contributed by atoms with Crippen molar-refractivity contribution in [3.05, 3.63) is 30.3 Å². The van der Waals surface area contributed by atoms with Gasteiger partial charge in [0.05, 0.1) is 6.61 Å². The molecule has 5 unspecified atom stereocenters. The number of hydrogen-bond acceptors (Lipinski definition) is 10. The fraction of sp³-hybridized carbons (Fsp3) is 0.500. The van der Waals surface area contributed by atoms with Crippen molar-refractivity contribution in [3.8, 4) is 5.75 Å². The minimum atomic E-state index is -5.65. The van der Waals surface area contributed by atoms with Crippen molar-refractivity contribution >= 4 is 37.3 Å². The second-order valence-corrected chi connectivity index (χ2v) is 11.3. The molecule has 32 heavy (non-hydrogen) atoms. The van der Waals surface area contributed by atoms with Gasteiger partial charge in [-0.05, 0) is 19.1 Å². The molecule has 1 aromatic rings. The summed E-state index contributed by atoms with van der Waals surface area (Å²) in [4.78, 5) is 48.1. The van der Waals surface area contributed by atoms with Gasteiger partial charge in [-0.15, -0.1) is 0 Å². The number of phosphoric ester groups is 1. The average molecular weight is 518 g/mol. The average Bonchev–Trinajstić information content (AvgIpc) is 2.90. The van der Waals surface area contributed by atoms with Crippen LogP contribution in [0, 0.1) is 0 Å². The third kappa shape index (κ3) is 9.05. The molecule has 0 aliphatic carbocycles.